The summed E-state index contributed by atoms with van der Waals surface area (Å²) in [5, 5.41) is 2.41. The van der Waals surface area contributed by atoms with Gasteiger partial charge in [-0.15, -0.1) is 0 Å². The van der Waals surface area contributed by atoms with Crippen molar-refractivity contribution in [1.29, 1.82) is 0 Å². The van der Waals surface area contributed by atoms with Crippen LogP contribution in [0.4, 0.5) is 8.78 Å². The molecule has 1 rings (SSSR count). The van der Waals surface area contributed by atoms with Gasteiger partial charge in [-0.25, -0.2) is 8.78 Å². The summed E-state index contributed by atoms with van der Waals surface area (Å²) in [6.07, 6.45) is 1.44. The van der Waals surface area contributed by atoms with Crippen LogP contribution in [0.25, 0.3) is 0 Å². The number of aromatic nitrogens is 1. The zero-order valence-electron chi connectivity index (χ0n) is 12.8. The largest absolute Gasteiger partial charge is 0.486 e. The van der Waals surface area contributed by atoms with E-state index in [1.807, 2.05) is 34.6 Å². The van der Waals surface area contributed by atoms with Crippen molar-refractivity contribution in [1.82, 2.24) is 10.3 Å². The molecule has 0 unspecified atom stereocenters. The minimum absolute atomic E-state index is 0.358. The SMILES string of the molecule is CC.CC.CNCC(F)(F)COc1ccc(C)nc1. The fourth-order valence-corrected chi connectivity index (χ4v) is 1.04. The van der Waals surface area contributed by atoms with E-state index in [2.05, 4.69) is 10.3 Å². The average Bonchev–Trinajstić information content (AvgIpc) is 2.43. The first kappa shape index (κ1) is 20.1. The van der Waals surface area contributed by atoms with Crippen LogP contribution in [-0.2, 0) is 0 Å². The molecule has 0 amide bonds. The Balaban J connectivity index is 0. The molecule has 0 radical (unpaired) electrons. The van der Waals surface area contributed by atoms with Crippen LogP contribution >= 0.6 is 0 Å². The Morgan fingerprint density at radius 3 is 2.21 bits per heavy atom. The normalized spacial score (nSPS) is 9.68. The third kappa shape index (κ3) is 10.4. The van der Waals surface area contributed by atoms with Gasteiger partial charge in [-0.2, -0.15) is 0 Å². The molecular weight excluding hydrogens is 250 g/mol. The Kier molecular flexibility index (Phi) is 12.5. The quantitative estimate of drug-likeness (QED) is 0.891. The Hall–Kier alpha value is -1.23. The second kappa shape index (κ2) is 11.8. The van der Waals surface area contributed by atoms with Crippen LogP contribution in [0.2, 0.25) is 0 Å². The van der Waals surface area contributed by atoms with Crippen molar-refractivity contribution in [3.8, 4) is 5.75 Å². The number of alkyl halides is 2. The van der Waals surface area contributed by atoms with Gasteiger partial charge in [0.2, 0.25) is 0 Å². The van der Waals surface area contributed by atoms with Crippen molar-refractivity contribution in [3.63, 3.8) is 0 Å². The van der Waals surface area contributed by atoms with Crippen molar-refractivity contribution >= 4 is 0 Å². The topological polar surface area (TPSA) is 34.1 Å². The Morgan fingerprint density at radius 1 is 1.21 bits per heavy atom. The zero-order valence-corrected chi connectivity index (χ0v) is 12.8. The molecule has 5 heteroatoms. The highest BCUT2D eigenvalue weighted by Gasteiger charge is 2.28. The lowest BCUT2D eigenvalue weighted by atomic mass is 10.3. The van der Waals surface area contributed by atoms with Crippen LogP contribution in [-0.4, -0.2) is 31.1 Å². The van der Waals surface area contributed by atoms with E-state index in [4.69, 9.17) is 4.74 Å². The molecule has 0 fully saturated rings. The molecule has 1 aromatic heterocycles. The molecule has 0 aromatic carbocycles. The summed E-state index contributed by atoms with van der Waals surface area (Å²) < 4.78 is 30.9. The number of ether oxygens (including phenoxy) is 1. The predicted octanol–water partition coefficient (Wildman–Crippen LogP) is 3.68. The van der Waals surface area contributed by atoms with Gasteiger partial charge < -0.3 is 10.1 Å². The second-order valence-corrected chi connectivity index (χ2v) is 3.31. The fraction of sp³-hybridized carbons (Fsp3) is 0.643. The molecule has 19 heavy (non-hydrogen) atoms. The number of nitrogens with one attached hydrogen (secondary N) is 1. The summed E-state index contributed by atoms with van der Waals surface area (Å²) >= 11 is 0. The lowest BCUT2D eigenvalue weighted by molar-refractivity contribution is -0.0375. The van der Waals surface area contributed by atoms with Gasteiger partial charge in [0.15, 0.2) is 6.61 Å². The van der Waals surface area contributed by atoms with Crippen LogP contribution < -0.4 is 10.1 Å². The molecule has 1 N–H and O–H groups in total. The maximum Gasteiger partial charge on any atom is 0.293 e. The molecule has 0 aliphatic heterocycles. The van der Waals surface area contributed by atoms with E-state index in [0.29, 0.717) is 5.75 Å². The molecule has 0 saturated carbocycles. The maximum atomic E-state index is 13.0. The van der Waals surface area contributed by atoms with E-state index in [1.165, 1.54) is 13.2 Å². The molecule has 0 bridgehead atoms. The van der Waals surface area contributed by atoms with Gasteiger partial charge in [-0.3, -0.25) is 4.98 Å². The minimum Gasteiger partial charge on any atom is -0.486 e. The molecule has 112 valence electrons. The Morgan fingerprint density at radius 2 is 1.79 bits per heavy atom. The first-order chi connectivity index (χ1) is 9.03. The standard InChI is InChI=1S/C10H14F2N2O.2C2H6/c1-8-3-4-9(5-14-8)15-7-10(11,12)6-13-2;2*1-2/h3-5,13H,6-7H2,1-2H3;2*1-2H3. The van der Waals surface area contributed by atoms with Crippen molar-refractivity contribution in [2.24, 2.45) is 0 Å². The molecular formula is C14H26F2N2O. The van der Waals surface area contributed by atoms with Gasteiger partial charge in [0.1, 0.15) is 5.75 Å². The number of halogens is 2. The highest BCUT2D eigenvalue weighted by molar-refractivity contribution is 5.19. The van der Waals surface area contributed by atoms with Gasteiger partial charge in [0, 0.05) is 5.69 Å². The summed E-state index contributed by atoms with van der Waals surface area (Å²) in [5.74, 6) is -2.50. The average molecular weight is 276 g/mol. The lowest BCUT2D eigenvalue weighted by Crippen LogP contribution is -2.36. The van der Waals surface area contributed by atoms with Crippen LogP contribution in [0.15, 0.2) is 18.3 Å². The van der Waals surface area contributed by atoms with Crippen LogP contribution in [0, 0.1) is 6.92 Å². The van der Waals surface area contributed by atoms with Crippen molar-refractivity contribution in [3.05, 3.63) is 24.0 Å². The van der Waals surface area contributed by atoms with E-state index in [9.17, 15) is 8.78 Å². The van der Waals surface area contributed by atoms with Crippen LogP contribution in [0.5, 0.6) is 5.75 Å². The van der Waals surface area contributed by atoms with Gasteiger partial charge >= 0.3 is 0 Å². The summed E-state index contributed by atoms with van der Waals surface area (Å²) in [6, 6.07) is 3.34. The third-order valence-electron chi connectivity index (χ3n) is 1.77. The van der Waals surface area contributed by atoms with E-state index >= 15 is 0 Å². The molecule has 0 spiro atoms. The smallest absolute Gasteiger partial charge is 0.293 e. The molecule has 0 saturated heterocycles. The van der Waals surface area contributed by atoms with Crippen molar-refractivity contribution in [2.75, 3.05) is 20.2 Å². The lowest BCUT2D eigenvalue weighted by Gasteiger charge is -2.16. The highest BCUT2D eigenvalue weighted by atomic mass is 19.3. The molecule has 0 aliphatic carbocycles. The molecule has 1 aromatic rings. The Bertz CT molecular complexity index is 303. The second-order valence-electron chi connectivity index (χ2n) is 3.31. The molecule has 3 nitrogen and oxygen atoms in total. The number of hydrogen-bond donors (Lipinski definition) is 1. The number of pyridine rings is 1. The summed E-state index contributed by atoms with van der Waals surface area (Å²) in [4.78, 5) is 3.94. The monoisotopic (exact) mass is 276 g/mol. The van der Waals surface area contributed by atoms with Gasteiger partial charge in [-0.1, -0.05) is 27.7 Å². The third-order valence-corrected chi connectivity index (χ3v) is 1.77. The van der Waals surface area contributed by atoms with Crippen LogP contribution in [0.3, 0.4) is 0 Å². The summed E-state index contributed by atoms with van der Waals surface area (Å²) in [7, 11) is 1.47. The zero-order chi connectivity index (χ0) is 15.3. The van der Waals surface area contributed by atoms with Crippen LogP contribution in [0.1, 0.15) is 33.4 Å². The van der Waals surface area contributed by atoms with E-state index in [0.717, 1.165) is 5.69 Å². The minimum atomic E-state index is -2.86. The van der Waals surface area contributed by atoms with E-state index in [-0.39, 0.29) is 0 Å². The number of aryl methyl sites for hydroxylation is 1. The number of hydrogen-bond acceptors (Lipinski definition) is 3. The summed E-state index contributed by atoms with van der Waals surface area (Å²) in [5.41, 5.74) is 0.823. The Labute approximate surface area is 115 Å². The first-order valence-electron chi connectivity index (χ1n) is 6.61. The van der Waals surface area contributed by atoms with E-state index in [1.54, 1.807) is 12.1 Å². The molecule has 1 heterocycles. The first-order valence-corrected chi connectivity index (χ1v) is 6.61. The molecule has 0 aliphatic rings. The number of nitrogens with zero attached hydrogens (tertiary/aromatic N) is 1. The van der Waals surface area contributed by atoms with Gasteiger partial charge in [0.05, 0.1) is 12.7 Å². The van der Waals surface area contributed by atoms with Crippen molar-refractivity contribution in [2.45, 2.75) is 40.5 Å². The van der Waals surface area contributed by atoms with Gasteiger partial charge in [0.25, 0.3) is 5.92 Å². The number of rotatable bonds is 5. The van der Waals surface area contributed by atoms with Crippen molar-refractivity contribution < 1.29 is 13.5 Å². The maximum absolute atomic E-state index is 13.0. The van der Waals surface area contributed by atoms with E-state index < -0.39 is 19.1 Å². The molecule has 0 atom stereocenters. The highest BCUT2D eigenvalue weighted by Crippen LogP contribution is 2.15. The fourth-order valence-electron chi connectivity index (χ4n) is 1.04. The summed E-state index contributed by atoms with van der Waals surface area (Å²) in [6.45, 7) is 8.78. The predicted molar refractivity (Wildman–Crippen MR) is 76.0 cm³/mol. The van der Waals surface area contributed by atoms with Gasteiger partial charge in [-0.05, 0) is 26.1 Å².